The van der Waals surface area contributed by atoms with E-state index in [9.17, 15) is 0 Å². The Balaban J connectivity index is 1.60. The van der Waals surface area contributed by atoms with E-state index >= 15 is 0 Å². The van der Waals surface area contributed by atoms with E-state index < -0.39 is 0 Å². The first kappa shape index (κ1) is 17.0. The fraction of sp³-hybridized carbons (Fsp3) is 0.211. The van der Waals surface area contributed by atoms with Crippen molar-refractivity contribution in [3.05, 3.63) is 54.1 Å². The first-order valence-corrected chi connectivity index (χ1v) is 9.28. The van der Waals surface area contributed by atoms with Crippen molar-refractivity contribution in [1.29, 1.82) is 0 Å². The minimum absolute atomic E-state index is 0.570. The second kappa shape index (κ2) is 7.14. The summed E-state index contributed by atoms with van der Waals surface area (Å²) in [6.45, 7) is 2.95. The molecule has 0 radical (unpaired) electrons. The first-order valence-electron chi connectivity index (χ1n) is 8.90. The van der Waals surface area contributed by atoms with Crippen LogP contribution in [0.2, 0.25) is 5.02 Å². The summed E-state index contributed by atoms with van der Waals surface area (Å²) in [5.74, 6) is 2.05. The first-order chi connectivity index (χ1) is 13.8. The molecule has 1 aliphatic heterocycles. The highest BCUT2D eigenvalue weighted by Crippen LogP contribution is 2.27. The minimum Gasteiger partial charge on any atom is -0.378 e. The van der Waals surface area contributed by atoms with Crippen molar-refractivity contribution in [2.45, 2.75) is 0 Å². The van der Waals surface area contributed by atoms with Crippen molar-refractivity contribution in [2.24, 2.45) is 0 Å². The SMILES string of the molecule is Clc1ccc(-n2c(-c3cnc(N4CCOCC4)nc3)nc3cccnc32)nc1. The van der Waals surface area contributed by atoms with Crippen molar-refractivity contribution < 1.29 is 4.74 Å². The summed E-state index contributed by atoms with van der Waals surface area (Å²) in [7, 11) is 0. The van der Waals surface area contributed by atoms with Crippen LogP contribution in [0.4, 0.5) is 5.95 Å². The standard InChI is InChI=1S/C19H16ClN7O/c20-14-3-4-16(22-12-14)27-17(25-15-2-1-5-21-18(15)27)13-10-23-19(24-11-13)26-6-8-28-9-7-26/h1-5,10-12H,6-9H2. The normalized spacial score (nSPS) is 14.5. The number of anilines is 1. The Morgan fingerprint density at radius 1 is 0.929 bits per heavy atom. The maximum atomic E-state index is 6.00. The largest absolute Gasteiger partial charge is 0.378 e. The van der Waals surface area contributed by atoms with Crippen molar-refractivity contribution >= 4 is 28.7 Å². The molecule has 5 rings (SSSR count). The molecule has 9 heteroatoms. The predicted molar refractivity (Wildman–Crippen MR) is 106 cm³/mol. The molecular weight excluding hydrogens is 378 g/mol. The van der Waals surface area contributed by atoms with Gasteiger partial charge in [-0.25, -0.2) is 24.9 Å². The van der Waals surface area contributed by atoms with Gasteiger partial charge >= 0.3 is 0 Å². The molecule has 8 nitrogen and oxygen atoms in total. The molecule has 0 bridgehead atoms. The number of morpholine rings is 1. The van der Waals surface area contributed by atoms with Crippen LogP contribution in [-0.4, -0.2) is 55.8 Å². The molecule has 0 spiro atoms. The van der Waals surface area contributed by atoms with Crippen LogP contribution in [0, 0.1) is 0 Å². The summed E-state index contributed by atoms with van der Waals surface area (Å²) in [6, 6.07) is 7.41. The van der Waals surface area contributed by atoms with Crippen LogP contribution < -0.4 is 4.90 Å². The second-order valence-electron chi connectivity index (χ2n) is 6.32. The number of pyridine rings is 2. The highest BCUT2D eigenvalue weighted by molar-refractivity contribution is 6.30. The molecule has 0 saturated carbocycles. The third kappa shape index (κ3) is 3.06. The van der Waals surface area contributed by atoms with Crippen molar-refractivity contribution in [2.75, 3.05) is 31.2 Å². The Bertz CT molecular complexity index is 1110. The highest BCUT2D eigenvalue weighted by Gasteiger charge is 2.18. The number of hydrogen-bond donors (Lipinski definition) is 0. The Morgan fingerprint density at radius 2 is 1.75 bits per heavy atom. The third-order valence-corrected chi connectivity index (χ3v) is 4.77. The highest BCUT2D eigenvalue weighted by atomic mass is 35.5. The van der Waals surface area contributed by atoms with Gasteiger partial charge in [0.25, 0.3) is 0 Å². The number of rotatable bonds is 3. The Kier molecular flexibility index (Phi) is 4.34. The minimum atomic E-state index is 0.570. The van der Waals surface area contributed by atoms with Gasteiger partial charge in [-0.2, -0.15) is 0 Å². The third-order valence-electron chi connectivity index (χ3n) is 4.55. The topological polar surface area (TPSA) is 81.9 Å². The lowest BCUT2D eigenvalue weighted by atomic mass is 10.3. The van der Waals surface area contributed by atoms with Crippen LogP contribution in [0.3, 0.4) is 0 Å². The smallest absolute Gasteiger partial charge is 0.225 e. The maximum absolute atomic E-state index is 6.00. The zero-order valence-corrected chi connectivity index (χ0v) is 15.6. The lowest BCUT2D eigenvalue weighted by Crippen LogP contribution is -2.37. The molecule has 0 N–H and O–H groups in total. The molecule has 1 saturated heterocycles. The van der Waals surface area contributed by atoms with Crippen molar-refractivity contribution in [1.82, 2.24) is 29.5 Å². The molecule has 1 fully saturated rings. The number of imidazole rings is 1. The van der Waals surface area contributed by atoms with Gasteiger partial charge in [0.15, 0.2) is 11.5 Å². The summed E-state index contributed by atoms with van der Waals surface area (Å²) in [5, 5.41) is 0.570. The second-order valence-corrected chi connectivity index (χ2v) is 6.76. The number of ether oxygens (including phenoxy) is 1. The van der Waals surface area contributed by atoms with Gasteiger partial charge in [0.2, 0.25) is 5.95 Å². The van der Waals surface area contributed by atoms with Crippen LogP contribution in [0.5, 0.6) is 0 Å². The number of halogens is 1. The summed E-state index contributed by atoms with van der Waals surface area (Å²) in [5.41, 5.74) is 2.27. The Morgan fingerprint density at radius 3 is 2.50 bits per heavy atom. The Labute approximate surface area is 165 Å². The zero-order chi connectivity index (χ0) is 18.9. The fourth-order valence-corrected chi connectivity index (χ4v) is 3.30. The molecule has 0 aromatic carbocycles. The van der Waals surface area contributed by atoms with Gasteiger partial charge in [0.05, 0.1) is 23.8 Å². The summed E-state index contributed by atoms with van der Waals surface area (Å²) in [6.07, 6.45) is 6.91. The van der Waals surface area contributed by atoms with Crippen LogP contribution in [-0.2, 0) is 4.74 Å². The van der Waals surface area contributed by atoms with E-state index in [4.69, 9.17) is 21.3 Å². The van der Waals surface area contributed by atoms with Crippen LogP contribution in [0.1, 0.15) is 0 Å². The molecule has 1 aliphatic rings. The van der Waals surface area contributed by atoms with E-state index in [-0.39, 0.29) is 0 Å². The summed E-state index contributed by atoms with van der Waals surface area (Å²) in [4.78, 5) is 24.8. The van der Waals surface area contributed by atoms with E-state index in [2.05, 4.69) is 24.8 Å². The fourth-order valence-electron chi connectivity index (χ4n) is 3.19. The van der Waals surface area contributed by atoms with Crippen LogP contribution >= 0.6 is 11.6 Å². The van der Waals surface area contributed by atoms with E-state index in [1.807, 2.05) is 22.8 Å². The van der Waals surface area contributed by atoms with E-state index in [0.29, 0.717) is 41.5 Å². The lowest BCUT2D eigenvalue weighted by molar-refractivity contribution is 0.122. The summed E-state index contributed by atoms with van der Waals surface area (Å²) < 4.78 is 7.27. The van der Waals surface area contributed by atoms with E-state index in [0.717, 1.165) is 24.2 Å². The van der Waals surface area contributed by atoms with Gasteiger partial charge in [-0.3, -0.25) is 4.57 Å². The number of hydrogen-bond acceptors (Lipinski definition) is 7. The average Bonchev–Trinajstić information content (AvgIpc) is 3.15. The quantitative estimate of drug-likeness (QED) is 0.529. The Hall–Kier alpha value is -3.10. The maximum Gasteiger partial charge on any atom is 0.225 e. The zero-order valence-electron chi connectivity index (χ0n) is 14.9. The molecule has 0 amide bonds. The van der Waals surface area contributed by atoms with E-state index in [1.165, 1.54) is 0 Å². The molecule has 0 unspecified atom stereocenters. The molecule has 4 aromatic heterocycles. The van der Waals surface area contributed by atoms with Gasteiger partial charge in [0.1, 0.15) is 11.3 Å². The number of fused-ring (bicyclic) bond motifs is 1. The number of aromatic nitrogens is 6. The average molecular weight is 394 g/mol. The van der Waals surface area contributed by atoms with Gasteiger partial charge < -0.3 is 9.64 Å². The lowest BCUT2D eigenvalue weighted by Gasteiger charge is -2.26. The molecule has 5 heterocycles. The summed E-state index contributed by atoms with van der Waals surface area (Å²) >= 11 is 6.00. The van der Waals surface area contributed by atoms with Gasteiger partial charge in [-0.15, -0.1) is 0 Å². The molecule has 140 valence electrons. The van der Waals surface area contributed by atoms with Crippen molar-refractivity contribution in [3.8, 4) is 17.2 Å². The van der Waals surface area contributed by atoms with Crippen LogP contribution in [0.15, 0.2) is 49.1 Å². The predicted octanol–water partition coefficient (Wildman–Crippen LogP) is 2.76. The van der Waals surface area contributed by atoms with Crippen molar-refractivity contribution in [3.63, 3.8) is 0 Å². The van der Waals surface area contributed by atoms with Gasteiger partial charge in [0, 0.05) is 37.9 Å². The van der Waals surface area contributed by atoms with Gasteiger partial charge in [-0.1, -0.05) is 11.6 Å². The van der Waals surface area contributed by atoms with Crippen LogP contribution in [0.25, 0.3) is 28.4 Å². The molecular formula is C19H16ClN7O. The molecule has 0 aliphatic carbocycles. The van der Waals surface area contributed by atoms with E-state index in [1.54, 1.807) is 30.9 Å². The molecule has 0 atom stereocenters. The monoisotopic (exact) mass is 393 g/mol. The molecule has 4 aromatic rings. The number of nitrogens with zero attached hydrogens (tertiary/aromatic N) is 7. The molecule has 28 heavy (non-hydrogen) atoms. The van der Waals surface area contributed by atoms with Gasteiger partial charge in [-0.05, 0) is 24.3 Å².